The van der Waals surface area contributed by atoms with Gasteiger partial charge in [0.05, 0.1) is 18.4 Å². The van der Waals surface area contributed by atoms with Gasteiger partial charge in [-0.1, -0.05) is 0 Å². The van der Waals surface area contributed by atoms with Gasteiger partial charge in [0.15, 0.2) is 0 Å². The first-order chi connectivity index (χ1) is 10.1. The van der Waals surface area contributed by atoms with Crippen LogP contribution in [0, 0.1) is 0 Å². The maximum Gasteiger partial charge on any atom is 0.257 e. The number of carbonyl (C=O) groups is 2. The van der Waals surface area contributed by atoms with Gasteiger partial charge in [0, 0.05) is 31.1 Å². The lowest BCUT2D eigenvalue weighted by molar-refractivity contribution is -0.114. The normalized spacial score (nSPS) is 9.81. The van der Waals surface area contributed by atoms with Crippen molar-refractivity contribution in [1.29, 1.82) is 0 Å². The van der Waals surface area contributed by atoms with E-state index in [0.29, 0.717) is 22.7 Å². The van der Waals surface area contributed by atoms with Crippen LogP contribution in [0.4, 0.5) is 11.4 Å². The lowest BCUT2D eigenvalue weighted by atomic mass is 10.2. The topological polar surface area (TPSA) is 80.3 Å². The first-order valence-electron chi connectivity index (χ1n) is 6.27. The number of carbonyl (C=O) groups excluding carboxylic acids is 2. The van der Waals surface area contributed by atoms with E-state index >= 15 is 0 Å². The summed E-state index contributed by atoms with van der Waals surface area (Å²) in [5, 5.41) is 5.39. The van der Waals surface area contributed by atoms with Crippen molar-refractivity contribution in [1.82, 2.24) is 4.98 Å². The molecule has 2 aromatic rings. The van der Waals surface area contributed by atoms with E-state index in [0.717, 1.165) is 0 Å². The average Bonchev–Trinajstić information content (AvgIpc) is 2.49. The lowest BCUT2D eigenvalue weighted by Crippen LogP contribution is -2.13. The predicted molar refractivity (Wildman–Crippen MR) is 79.5 cm³/mol. The number of amides is 2. The van der Waals surface area contributed by atoms with E-state index in [1.807, 2.05) is 0 Å². The van der Waals surface area contributed by atoms with Crippen LogP contribution in [0.3, 0.4) is 0 Å². The molecular formula is C15H15N3O3. The zero-order valence-electron chi connectivity index (χ0n) is 11.7. The molecule has 1 heterocycles. The number of nitrogens with zero attached hydrogens (tertiary/aromatic N) is 1. The molecule has 0 aliphatic carbocycles. The number of hydrogen-bond donors (Lipinski definition) is 2. The standard InChI is InChI=1S/C15H15N3O3/c1-10(19)17-12-5-6-13(14(8-12)21-2)18-15(20)11-4-3-7-16-9-11/h3-9H,1-2H3,(H,17,19)(H,18,20). The molecule has 0 saturated heterocycles. The van der Waals surface area contributed by atoms with Gasteiger partial charge >= 0.3 is 0 Å². The van der Waals surface area contributed by atoms with Gasteiger partial charge in [0.1, 0.15) is 5.75 Å². The fraction of sp³-hybridized carbons (Fsp3) is 0.133. The van der Waals surface area contributed by atoms with Crippen molar-refractivity contribution in [2.45, 2.75) is 6.92 Å². The summed E-state index contributed by atoms with van der Waals surface area (Å²) in [4.78, 5) is 27.0. The van der Waals surface area contributed by atoms with Gasteiger partial charge in [-0.25, -0.2) is 0 Å². The monoisotopic (exact) mass is 285 g/mol. The Kier molecular flexibility index (Phi) is 4.50. The molecule has 0 bridgehead atoms. The predicted octanol–water partition coefficient (Wildman–Crippen LogP) is 2.30. The van der Waals surface area contributed by atoms with Gasteiger partial charge in [-0.05, 0) is 24.3 Å². The molecule has 6 nitrogen and oxygen atoms in total. The van der Waals surface area contributed by atoms with Gasteiger partial charge in [-0.2, -0.15) is 0 Å². The van der Waals surface area contributed by atoms with Gasteiger partial charge < -0.3 is 15.4 Å². The van der Waals surface area contributed by atoms with Crippen LogP contribution in [0.1, 0.15) is 17.3 Å². The highest BCUT2D eigenvalue weighted by atomic mass is 16.5. The molecule has 108 valence electrons. The maximum atomic E-state index is 12.1. The fourth-order valence-electron chi connectivity index (χ4n) is 1.77. The van der Waals surface area contributed by atoms with Crippen molar-refractivity contribution in [3.8, 4) is 5.75 Å². The van der Waals surface area contributed by atoms with E-state index in [1.54, 1.807) is 36.5 Å². The van der Waals surface area contributed by atoms with Crippen molar-refractivity contribution in [2.24, 2.45) is 0 Å². The van der Waals surface area contributed by atoms with Crippen molar-refractivity contribution in [3.63, 3.8) is 0 Å². The van der Waals surface area contributed by atoms with E-state index in [9.17, 15) is 9.59 Å². The Morgan fingerprint density at radius 1 is 1.19 bits per heavy atom. The number of nitrogens with one attached hydrogen (secondary N) is 2. The largest absolute Gasteiger partial charge is 0.494 e. The maximum absolute atomic E-state index is 12.1. The van der Waals surface area contributed by atoms with Crippen LogP contribution in [0.5, 0.6) is 5.75 Å². The first-order valence-corrected chi connectivity index (χ1v) is 6.27. The third kappa shape index (κ3) is 3.79. The number of ether oxygens (including phenoxy) is 1. The van der Waals surface area contributed by atoms with Gasteiger partial charge in [-0.3, -0.25) is 14.6 Å². The molecule has 21 heavy (non-hydrogen) atoms. The van der Waals surface area contributed by atoms with Gasteiger partial charge in [0.2, 0.25) is 5.91 Å². The summed E-state index contributed by atoms with van der Waals surface area (Å²) >= 11 is 0. The molecule has 2 N–H and O–H groups in total. The number of anilines is 2. The van der Waals surface area contributed by atoms with E-state index in [-0.39, 0.29) is 11.8 Å². The minimum Gasteiger partial charge on any atom is -0.494 e. The minimum atomic E-state index is -0.284. The number of benzene rings is 1. The van der Waals surface area contributed by atoms with Crippen LogP contribution in [0.2, 0.25) is 0 Å². The second-order valence-electron chi connectivity index (χ2n) is 4.29. The number of hydrogen-bond acceptors (Lipinski definition) is 4. The van der Waals surface area contributed by atoms with Crippen LogP contribution in [-0.4, -0.2) is 23.9 Å². The third-order valence-electron chi connectivity index (χ3n) is 2.69. The Balaban J connectivity index is 2.20. The van der Waals surface area contributed by atoms with E-state index in [2.05, 4.69) is 15.6 Å². The summed E-state index contributed by atoms with van der Waals surface area (Å²) in [6.45, 7) is 1.42. The summed E-state index contributed by atoms with van der Waals surface area (Å²) in [6.07, 6.45) is 3.08. The number of aromatic nitrogens is 1. The Morgan fingerprint density at radius 3 is 2.62 bits per heavy atom. The summed E-state index contributed by atoms with van der Waals surface area (Å²) in [6, 6.07) is 8.34. The van der Waals surface area contributed by atoms with Crippen LogP contribution in [0.15, 0.2) is 42.7 Å². The summed E-state index contributed by atoms with van der Waals surface area (Å²) in [5.41, 5.74) is 1.56. The summed E-state index contributed by atoms with van der Waals surface area (Å²) in [5.74, 6) is -0.00336. The molecule has 2 amide bonds. The van der Waals surface area contributed by atoms with E-state index < -0.39 is 0 Å². The zero-order chi connectivity index (χ0) is 15.2. The smallest absolute Gasteiger partial charge is 0.257 e. The van der Waals surface area contributed by atoms with E-state index in [4.69, 9.17) is 4.74 Å². The Morgan fingerprint density at radius 2 is 2.00 bits per heavy atom. The van der Waals surface area contributed by atoms with E-state index in [1.165, 1.54) is 20.2 Å². The fourth-order valence-corrected chi connectivity index (χ4v) is 1.77. The molecule has 0 saturated carbocycles. The van der Waals surface area contributed by atoms with Crippen molar-refractivity contribution >= 4 is 23.2 Å². The molecule has 0 unspecified atom stereocenters. The van der Waals surface area contributed by atoms with Crippen molar-refractivity contribution in [2.75, 3.05) is 17.7 Å². The highest BCUT2D eigenvalue weighted by Crippen LogP contribution is 2.28. The molecule has 1 aromatic carbocycles. The van der Waals surface area contributed by atoms with Crippen molar-refractivity contribution in [3.05, 3.63) is 48.3 Å². The molecule has 0 atom stereocenters. The number of rotatable bonds is 4. The van der Waals surface area contributed by atoms with Gasteiger partial charge in [0.25, 0.3) is 5.91 Å². The Labute approximate surface area is 122 Å². The molecule has 0 spiro atoms. The van der Waals surface area contributed by atoms with Crippen molar-refractivity contribution < 1.29 is 14.3 Å². The molecule has 6 heteroatoms. The summed E-state index contributed by atoms with van der Waals surface area (Å²) < 4.78 is 5.22. The Bertz CT molecular complexity index is 656. The molecule has 1 aromatic heterocycles. The highest BCUT2D eigenvalue weighted by molar-refractivity contribution is 6.05. The minimum absolute atomic E-state index is 0.177. The molecular weight excluding hydrogens is 270 g/mol. The quantitative estimate of drug-likeness (QED) is 0.903. The first kappa shape index (κ1) is 14.5. The van der Waals surface area contributed by atoms with Gasteiger partial charge in [-0.15, -0.1) is 0 Å². The number of methoxy groups -OCH3 is 1. The van der Waals surface area contributed by atoms with Crippen LogP contribution in [0.25, 0.3) is 0 Å². The third-order valence-corrected chi connectivity index (χ3v) is 2.69. The highest BCUT2D eigenvalue weighted by Gasteiger charge is 2.10. The molecule has 0 fully saturated rings. The summed E-state index contributed by atoms with van der Waals surface area (Å²) in [7, 11) is 1.49. The van der Waals surface area contributed by atoms with Crippen LogP contribution < -0.4 is 15.4 Å². The molecule has 0 aliphatic rings. The lowest BCUT2D eigenvalue weighted by Gasteiger charge is -2.12. The van der Waals surface area contributed by atoms with Crippen LogP contribution >= 0.6 is 0 Å². The zero-order valence-corrected chi connectivity index (χ0v) is 11.7. The second kappa shape index (κ2) is 6.51. The Hall–Kier alpha value is -2.89. The molecule has 0 aliphatic heterocycles. The molecule has 2 rings (SSSR count). The number of pyridine rings is 1. The average molecular weight is 285 g/mol. The SMILES string of the molecule is COc1cc(NC(C)=O)ccc1NC(=O)c1cccnc1. The molecule has 0 radical (unpaired) electrons. The van der Waals surface area contributed by atoms with Crippen LogP contribution in [-0.2, 0) is 4.79 Å². The second-order valence-corrected chi connectivity index (χ2v) is 4.29.